The molecular formula is C79H94Br2F4O14S2+2. The number of carboxylic acids is 2. The first kappa shape index (κ1) is 84.7. The first-order chi connectivity index (χ1) is 47.2. The highest BCUT2D eigenvalue weighted by Crippen LogP contribution is 2.66. The third kappa shape index (κ3) is 19.3. The average molecular weight is 1570 g/mol. The van der Waals surface area contributed by atoms with E-state index in [4.69, 9.17) is 19.7 Å². The molecule has 546 valence electrons. The standard InChI is InChI=1S/2C18H15S.C15H20F2O5.C12H17BrO3.C10H14O3.C3H4F2O2.C2H5BrO.CH4/c2*1-4-10-16(11-5-1)19(17-12-6-2-7-13-17)18-14-8-3-9-15-18;1-13(2)9-4-5-15(13,10(18)8-9)12(20)22-7-6-21-11(19)14(3,16)17;1-11(2)8-3-4-12(11,9(14)7-8)10(15)16-6-5-13;1-9(2)6-3-4-10(9,8(12)13)7(11)5-6;1-3(4,5)2(6)7;3-1-2-4;/h2*1-15H;9H,4-8H2,1-3H3;8H,3-7H2,1-2H3;6H,3-5H2,1-2H3,(H,12,13);1H3,(H,6,7);4H,1-2H2;1H4/q2*+1;;;;;;. The van der Waals surface area contributed by atoms with Crippen molar-refractivity contribution in [2.75, 3.05) is 37.1 Å². The number of esters is 3. The zero-order valence-electron chi connectivity index (χ0n) is 57.6. The summed E-state index contributed by atoms with van der Waals surface area (Å²) in [7, 11) is -0.0293. The molecule has 0 radical (unpaired) electrons. The first-order valence-corrected chi connectivity index (χ1v) is 37.7. The SMILES string of the molecule is C.CC(F)(F)C(=O)O.CC(F)(F)C(=O)OCCOC(=O)C12CCC(CC1=O)C2(C)C.CC1(C)C2CCC1(C(=O)O)C(=O)C2.CC1(C)C2CCC1(C(=O)OCCBr)C(=O)C2.OCCBr.c1ccc([S+](c2ccccc2)c2ccccc2)cc1.c1ccc([S+](c2ccccc2)c2ccccc2)cc1. The molecule has 0 saturated heterocycles. The highest BCUT2D eigenvalue weighted by molar-refractivity contribution is 9.09. The summed E-state index contributed by atoms with van der Waals surface area (Å²) in [6, 6.07) is 64.3. The zero-order chi connectivity index (χ0) is 73.9. The van der Waals surface area contributed by atoms with E-state index in [1.165, 1.54) is 29.4 Å². The Morgan fingerprint density at radius 2 is 0.673 bits per heavy atom. The molecule has 101 heavy (non-hydrogen) atoms. The lowest BCUT2D eigenvalue weighted by Gasteiger charge is -2.33. The molecule has 6 saturated carbocycles. The normalized spacial score (nSPS) is 22.4. The summed E-state index contributed by atoms with van der Waals surface area (Å²) in [4.78, 5) is 99.9. The molecule has 6 unspecified atom stereocenters. The van der Waals surface area contributed by atoms with Crippen LogP contribution in [0, 0.1) is 50.2 Å². The Bertz CT molecular complexity index is 3390. The summed E-state index contributed by atoms with van der Waals surface area (Å²) in [5.74, 6) is -12.0. The van der Waals surface area contributed by atoms with Crippen molar-refractivity contribution in [3.05, 3.63) is 182 Å². The molecule has 6 aromatic rings. The molecule has 0 amide bonds. The first-order valence-electron chi connectivity index (χ1n) is 33.0. The van der Waals surface area contributed by atoms with Crippen molar-refractivity contribution in [2.24, 2.45) is 50.2 Å². The van der Waals surface area contributed by atoms with E-state index in [2.05, 4.69) is 219 Å². The van der Waals surface area contributed by atoms with Crippen LogP contribution in [-0.4, -0.2) is 111 Å². The maximum absolute atomic E-state index is 12.6. The molecule has 0 spiro atoms. The summed E-state index contributed by atoms with van der Waals surface area (Å²) in [5, 5.41) is 25.8. The van der Waals surface area contributed by atoms with Gasteiger partial charge < -0.3 is 29.5 Å². The van der Waals surface area contributed by atoms with Gasteiger partial charge in [0.15, 0.2) is 46.7 Å². The van der Waals surface area contributed by atoms with E-state index in [-0.39, 0.29) is 88.4 Å². The number of carboxylic acid groups (broad SMARTS) is 2. The lowest BCUT2D eigenvalue weighted by molar-refractivity contribution is -0.175. The maximum atomic E-state index is 12.6. The van der Waals surface area contributed by atoms with Gasteiger partial charge in [-0.1, -0.05) is 190 Å². The number of fused-ring (bicyclic) bond motifs is 6. The van der Waals surface area contributed by atoms with Crippen LogP contribution in [0.5, 0.6) is 0 Å². The monoisotopic (exact) mass is 1560 g/mol. The number of ether oxygens (including phenoxy) is 3. The van der Waals surface area contributed by atoms with Gasteiger partial charge in [0.2, 0.25) is 0 Å². The maximum Gasteiger partial charge on any atom is 0.376 e. The predicted molar refractivity (Wildman–Crippen MR) is 389 cm³/mol. The summed E-state index contributed by atoms with van der Waals surface area (Å²) >= 11 is 6.22. The third-order valence-corrected chi connectivity index (χ3v) is 25.4. The molecule has 0 aromatic heterocycles. The number of aliphatic hydroxyl groups is 1. The quantitative estimate of drug-likeness (QED) is 0.0147. The van der Waals surface area contributed by atoms with E-state index in [9.17, 15) is 61.0 Å². The van der Waals surface area contributed by atoms with E-state index in [1.807, 2.05) is 41.5 Å². The van der Waals surface area contributed by atoms with Crippen LogP contribution in [0.25, 0.3) is 0 Å². The van der Waals surface area contributed by atoms with Gasteiger partial charge >= 0.3 is 41.7 Å². The van der Waals surface area contributed by atoms with E-state index < -0.39 is 64.0 Å². The number of benzene rings is 6. The second-order valence-electron chi connectivity index (χ2n) is 26.9. The highest BCUT2D eigenvalue weighted by atomic mass is 79.9. The lowest BCUT2D eigenvalue weighted by atomic mass is 9.69. The number of alkyl halides is 6. The van der Waals surface area contributed by atoms with Gasteiger partial charge in [0, 0.05) is 43.8 Å². The molecule has 22 heteroatoms. The molecule has 6 atom stereocenters. The summed E-state index contributed by atoms with van der Waals surface area (Å²) in [6.45, 7) is 12.2. The molecule has 6 aromatic carbocycles. The van der Waals surface area contributed by atoms with E-state index in [0.717, 1.165) is 19.3 Å². The Kier molecular flexibility index (Phi) is 31.0. The second kappa shape index (κ2) is 36.9. The van der Waals surface area contributed by atoms with Gasteiger partial charge in [0.1, 0.15) is 36.1 Å². The van der Waals surface area contributed by atoms with Gasteiger partial charge in [-0.25, -0.2) is 9.59 Å². The van der Waals surface area contributed by atoms with Crippen LogP contribution < -0.4 is 0 Å². The lowest BCUT2D eigenvalue weighted by Crippen LogP contribution is -2.45. The van der Waals surface area contributed by atoms with Gasteiger partial charge in [-0.2, -0.15) is 17.6 Å². The minimum atomic E-state index is -3.58. The molecule has 6 aliphatic rings. The molecule has 12 rings (SSSR count). The van der Waals surface area contributed by atoms with E-state index >= 15 is 0 Å². The van der Waals surface area contributed by atoms with Crippen LogP contribution >= 0.6 is 31.9 Å². The molecule has 0 heterocycles. The fraction of sp³-hybridized carbons (Fsp3) is 0.443. The van der Waals surface area contributed by atoms with Gasteiger partial charge in [0.25, 0.3) is 0 Å². The number of aliphatic carboxylic acids is 2. The molecule has 3 N–H and O–H groups in total. The smallest absolute Gasteiger partial charge is 0.376 e. The van der Waals surface area contributed by atoms with Crippen molar-refractivity contribution in [1.82, 2.24) is 0 Å². The van der Waals surface area contributed by atoms with Gasteiger partial charge in [-0.3, -0.25) is 28.8 Å². The number of aliphatic hydroxyl groups excluding tert-OH is 1. The number of hydrogen-bond donors (Lipinski definition) is 3. The number of carbonyl (C=O) groups is 8. The molecule has 6 aliphatic carbocycles. The topological polar surface area (TPSA) is 225 Å². The minimum Gasteiger partial charge on any atom is -0.480 e. The largest absolute Gasteiger partial charge is 0.480 e. The number of halogens is 6. The zero-order valence-corrected chi connectivity index (χ0v) is 62.4. The average Bonchev–Trinajstić information content (AvgIpc) is 1.56. The van der Waals surface area contributed by atoms with Crippen molar-refractivity contribution in [3.8, 4) is 0 Å². The van der Waals surface area contributed by atoms with Crippen molar-refractivity contribution >= 4 is 101 Å². The van der Waals surface area contributed by atoms with Crippen LogP contribution in [0.2, 0.25) is 0 Å². The Morgan fingerprint density at radius 3 is 0.851 bits per heavy atom. The fourth-order valence-corrected chi connectivity index (χ4v) is 18.8. The fourth-order valence-electron chi connectivity index (χ4n) is 14.4. The van der Waals surface area contributed by atoms with E-state index in [1.54, 1.807) is 0 Å². The molecular weight excluding hydrogens is 1470 g/mol. The second-order valence-corrected chi connectivity index (χ2v) is 32.5. The number of ketones is 3. The highest BCUT2D eigenvalue weighted by Gasteiger charge is 2.71. The molecule has 0 aliphatic heterocycles. The van der Waals surface area contributed by atoms with Crippen molar-refractivity contribution < 1.29 is 85.4 Å². The number of carbonyl (C=O) groups excluding carboxylic acids is 6. The Balaban J connectivity index is 0.000000220. The van der Waals surface area contributed by atoms with Crippen molar-refractivity contribution in [1.29, 1.82) is 0 Å². The Labute approximate surface area is 613 Å². The Hall–Kier alpha value is -6.98. The van der Waals surface area contributed by atoms with Crippen molar-refractivity contribution in [3.63, 3.8) is 0 Å². The van der Waals surface area contributed by atoms with Crippen LogP contribution in [-0.2, 0) is 74.4 Å². The number of Topliss-reactive ketones (excluding diaryl/α,β-unsaturated/α-hetero) is 3. The van der Waals surface area contributed by atoms with E-state index in [0.29, 0.717) is 75.6 Å². The van der Waals surface area contributed by atoms with Gasteiger partial charge in [-0.05, 0) is 145 Å². The third-order valence-electron chi connectivity index (χ3n) is 20.3. The minimum absolute atomic E-state index is 0. The van der Waals surface area contributed by atoms with Crippen molar-refractivity contribution in [2.45, 2.75) is 162 Å². The van der Waals surface area contributed by atoms with Crippen LogP contribution in [0.4, 0.5) is 17.6 Å². The molecule has 14 nitrogen and oxygen atoms in total. The molecule has 6 bridgehead atoms. The summed E-state index contributed by atoms with van der Waals surface area (Å²) in [6.07, 6.45) is 5.73. The van der Waals surface area contributed by atoms with Gasteiger partial charge in [-0.15, -0.1) is 0 Å². The number of hydrogen-bond acceptors (Lipinski definition) is 12. The predicted octanol–water partition coefficient (Wildman–Crippen LogP) is 17.2. The number of rotatable bonds is 17. The summed E-state index contributed by atoms with van der Waals surface area (Å²) < 4.78 is 62.2. The van der Waals surface area contributed by atoms with Crippen LogP contribution in [0.1, 0.15) is 121 Å². The van der Waals surface area contributed by atoms with Crippen LogP contribution in [0.15, 0.2) is 211 Å². The summed E-state index contributed by atoms with van der Waals surface area (Å²) in [5.41, 5.74) is -4.08. The van der Waals surface area contributed by atoms with Crippen LogP contribution in [0.3, 0.4) is 0 Å². The Morgan fingerprint density at radius 1 is 0.436 bits per heavy atom. The van der Waals surface area contributed by atoms with Gasteiger partial charge in [0.05, 0.1) is 28.4 Å². The molecule has 6 fully saturated rings.